The third-order valence-electron chi connectivity index (χ3n) is 2.92. The average molecular weight is 249 g/mol. The third kappa shape index (κ3) is 1.94. The topological polar surface area (TPSA) is 42.7 Å². The smallest absolute Gasteiger partial charge is 0.164 e. The molecule has 0 radical (unpaired) electrons. The van der Waals surface area contributed by atoms with Gasteiger partial charge in [0, 0.05) is 23.7 Å². The van der Waals surface area contributed by atoms with Crippen molar-refractivity contribution < 1.29 is 0 Å². The van der Waals surface area contributed by atoms with Gasteiger partial charge in [0.1, 0.15) is 5.82 Å². The van der Waals surface area contributed by atoms with E-state index in [1.54, 1.807) is 0 Å². The minimum Gasteiger partial charge on any atom is -0.309 e. The molecule has 1 aromatic heterocycles. The second-order valence-corrected chi connectivity index (χ2v) is 4.72. The minimum absolute atomic E-state index is 0.742. The Labute approximate surface area is 105 Å². The lowest BCUT2D eigenvalue weighted by atomic mass is 10.1. The van der Waals surface area contributed by atoms with Crippen molar-refractivity contribution in [3.63, 3.8) is 0 Å². The molecule has 0 spiro atoms. The van der Waals surface area contributed by atoms with Crippen LogP contribution in [0.2, 0.25) is 5.02 Å². The molecule has 88 valence electrons. The van der Waals surface area contributed by atoms with Gasteiger partial charge >= 0.3 is 0 Å². The molecule has 0 fully saturated rings. The predicted molar refractivity (Wildman–Crippen MR) is 66.9 cm³/mol. The van der Waals surface area contributed by atoms with E-state index in [9.17, 15) is 0 Å². The molecule has 17 heavy (non-hydrogen) atoms. The molecule has 1 aromatic carbocycles. The molecule has 3 rings (SSSR count). The Morgan fingerprint density at radius 3 is 3.00 bits per heavy atom. The molecule has 0 bridgehead atoms. The fraction of sp³-hybridized carbons (Fsp3) is 0.333. The summed E-state index contributed by atoms with van der Waals surface area (Å²) in [6, 6.07) is 5.97. The zero-order chi connectivity index (χ0) is 11.8. The van der Waals surface area contributed by atoms with E-state index in [1.165, 1.54) is 0 Å². The number of rotatable bonds is 1. The van der Waals surface area contributed by atoms with Gasteiger partial charge in [0.2, 0.25) is 0 Å². The standard InChI is InChI=1S/C12H13ClN4/c1-8-4-9(6-10(13)5-8)12-16-15-11-7-14-2-3-17(11)12/h4-6,14H,2-3,7H2,1H3. The molecule has 0 atom stereocenters. The monoisotopic (exact) mass is 248 g/mol. The molecular formula is C12H13ClN4. The van der Waals surface area contributed by atoms with Gasteiger partial charge in [0.25, 0.3) is 0 Å². The number of hydrogen-bond donors (Lipinski definition) is 1. The summed E-state index contributed by atoms with van der Waals surface area (Å²) >= 11 is 6.08. The quantitative estimate of drug-likeness (QED) is 0.840. The van der Waals surface area contributed by atoms with Crippen molar-refractivity contribution in [1.82, 2.24) is 20.1 Å². The van der Waals surface area contributed by atoms with Crippen LogP contribution in [-0.2, 0) is 13.1 Å². The largest absolute Gasteiger partial charge is 0.309 e. The maximum absolute atomic E-state index is 6.08. The van der Waals surface area contributed by atoms with Crippen LogP contribution < -0.4 is 5.32 Å². The van der Waals surface area contributed by atoms with Crippen molar-refractivity contribution in [3.05, 3.63) is 34.6 Å². The minimum atomic E-state index is 0.742. The van der Waals surface area contributed by atoms with Crippen LogP contribution in [0.15, 0.2) is 18.2 Å². The second kappa shape index (κ2) is 4.13. The maximum Gasteiger partial charge on any atom is 0.164 e. The molecule has 1 aliphatic rings. The highest BCUT2D eigenvalue weighted by atomic mass is 35.5. The molecule has 0 saturated carbocycles. The van der Waals surface area contributed by atoms with Crippen molar-refractivity contribution in [2.75, 3.05) is 6.54 Å². The Balaban J connectivity index is 2.11. The van der Waals surface area contributed by atoms with Crippen LogP contribution in [0.5, 0.6) is 0 Å². The number of halogens is 1. The lowest BCUT2D eigenvalue weighted by molar-refractivity contribution is 0.508. The molecule has 0 unspecified atom stereocenters. The predicted octanol–water partition coefficient (Wildman–Crippen LogP) is 2.01. The van der Waals surface area contributed by atoms with E-state index in [-0.39, 0.29) is 0 Å². The van der Waals surface area contributed by atoms with Crippen molar-refractivity contribution in [2.45, 2.75) is 20.0 Å². The van der Waals surface area contributed by atoms with E-state index in [0.29, 0.717) is 0 Å². The molecule has 1 N–H and O–H groups in total. The summed E-state index contributed by atoms with van der Waals surface area (Å²) < 4.78 is 2.15. The Bertz CT molecular complexity index is 541. The Hall–Kier alpha value is -1.39. The number of aromatic nitrogens is 3. The van der Waals surface area contributed by atoms with Crippen molar-refractivity contribution >= 4 is 11.6 Å². The highest BCUT2D eigenvalue weighted by Gasteiger charge is 2.16. The summed E-state index contributed by atoms with van der Waals surface area (Å²) in [5, 5.41) is 12.5. The molecule has 2 aromatic rings. The van der Waals surface area contributed by atoms with Crippen LogP contribution in [0.3, 0.4) is 0 Å². The second-order valence-electron chi connectivity index (χ2n) is 4.29. The van der Waals surface area contributed by atoms with E-state index in [1.807, 2.05) is 19.1 Å². The maximum atomic E-state index is 6.08. The average Bonchev–Trinajstić information content (AvgIpc) is 2.71. The lowest BCUT2D eigenvalue weighted by Gasteiger charge is -2.16. The van der Waals surface area contributed by atoms with Crippen molar-refractivity contribution in [1.29, 1.82) is 0 Å². The molecule has 4 nitrogen and oxygen atoms in total. The molecular weight excluding hydrogens is 236 g/mol. The van der Waals surface area contributed by atoms with Gasteiger partial charge in [-0.3, -0.25) is 0 Å². The van der Waals surface area contributed by atoms with E-state index in [0.717, 1.165) is 47.4 Å². The highest BCUT2D eigenvalue weighted by molar-refractivity contribution is 6.30. The van der Waals surface area contributed by atoms with Gasteiger partial charge in [-0.15, -0.1) is 10.2 Å². The van der Waals surface area contributed by atoms with Crippen molar-refractivity contribution in [3.8, 4) is 11.4 Å². The number of nitrogens with zero attached hydrogens (tertiary/aromatic N) is 3. The van der Waals surface area contributed by atoms with Crippen LogP contribution in [0.1, 0.15) is 11.4 Å². The summed E-state index contributed by atoms with van der Waals surface area (Å²) in [7, 11) is 0. The summed E-state index contributed by atoms with van der Waals surface area (Å²) in [6.07, 6.45) is 0. The number of benzene rings is 1. The van der Waals surface area contributed by atoms with Crippen LogP contribution in [0.25, 0.3) is 11.4 Å². The Morgan fingerprint density at radius 1 is 1.29 bits per heavy atom. The van der Waals surface area contributed by atoms with Crippen LogP contribution in [0.4, 0.5) is 0 Å². The number of nitrogens with one attached hydrogen (secondary N) is 1. The first-order valence-corrected chi connectivity index (χ1v) is 6.02. The number of fused-ring (bicyclic) bond motifs is 1. The molecule has 2 heterocycles. The number of hydrogen-bond acceptors (Lipinski definition) is 3. The van der Waals surface area contributed by atoms with Crippen LogP contribution in [-0.4, -0.2) is 21.3 Å². The zero-order valence-corrected chi connectivity index (χ0v) is 10.3. The molecule has 1 aliphatic heterocycles. The molecule has 0 amide bonds. The summed E-state index contributed by atoms with van der Waals surface area (Å²) in [4.78, 5) is 0. The summed E-state index contributed by atoms with van der Waals surface area (Å²) in [6.45, 7) is 4.68. The van der Waals surface area contributed by atoms with Gasteiger partial charge in [-0.25, -0.2) is 0 Å². The van der Waals surface area contributed by atoms with Gasteiger partial charge in [0.15, 0.2) is 5.82 Å². The van der Waals surface area contributed by atoms with E-state index in [2.05, 4.69) is 26.1 Å². The fourth-order valence-electron chi connectivity index (χ4n) is 2.17. The first-order valence-electron chi connectivity index (χ1n) is 5.64. The molecule has 5 heteroatoms. The summed E-state index contributed by atoms with van der Waals surface area (Å²) in [5.74, 6) is 1.90. The van der Waals surface area contributed by atoms with Gasteiger partial charge in [-0.05, 0) is 30.7 Å². The van der Waals surface area contributed by atoms with Crippen molar-refractivity contribution in [2.24, 2.45) is 0 Å². The Kier molecular flexibility index (Phi) is 2.61. The first-order chi connectivity index (χ1) is 8.24. The molecule has 0 saturated heterocycles. The molecule has 0 aliphatic carbocycles. The first kappa shape index (κ1) is 10.7. The highest BCUT2D eigenvalue weighted by Crippen LogP contribution is 2.24. The third-order valence-corrected chi connectivity index (χ3v) is 3.14. The lowest BCUT2D eigenvalue weighted by Crippen LogP contribution is -2.28. The number of aryl methyl sites for hydroxylation is 1. The SMILES string of the molecule is Cc1cc(Cl)cc(-c2nnc3n2CCNC3)c1. The Morgan fingerprint density at radius 2 is 2.18 bits per heavy atom. The van der Waals surface area contributed by atoms with Crippen LogP contribution in [0, 0.1) is 6.92 Å². The van der Waals surface area contributed by atoms with Gasteiger partial charge in [-0.1, -0.05) is 11.6 Å². The summed E-state index contributed by atoms with van der Waals surface area (Å²) in [5.41, 5.74) is 2.18. The van der Waals surface area contributed by atoms with Gasteiger partial charge in [0.05, 0.1) is 6.54 Å². The van der Waals surface area contributed by atoms with E-state index in [4.69, 9.17) is 11.6 Å². The van der Waals surface area contributed by atoms with Crippen LogP contribution >= 0.6 is 11.6 Å². The van der Waals surface area contributed by atoms with Gasteiger partial charge < -0.3 is 9.88 Å². The normalized spacial score (nSPS) is 14.7. The van der Waals surface area contributed by atoms with E-state index >= 15 is 0 Å². The van der Waals surface area contributed by atoms with Gasteiger partial charge in [-0.2, -0.15) is 0 Å². The fourth-order valence-corrected chi connectivity index (χ4v) is 2.46. The van der Waals surface area contributed by atoms with E-state index < -0.39 is 0 Å². The zero-order valence-electron chi connectivity index (χ0n) is 9.57.